The highest BCUT2D eigenvalue weighted by Crippen LogP contribution is 2.43. The quantitative estimate of drug-likeness (QED) is 0.125. The third kappa shape index (κ3) is 9.30. The molecule has 16 rings (SSSR count). The fraction of sp³-hybridized carbons (Fsp3) is 0. The lowest BCUT2D eigenvalue weighted by Gasteiger charge is -2.17. The van der Waals surface area contributed by atoms with Crippen LogP contribution in [0.1, 0.15) is 0 Å². The van der Waals surface area contributed by atoms with Crippen molar-refractivity contribution in [1.82, 2.24) is 49.4 Å². The Morgan fingerprint density at radius 1 is 0.209 bits per heavy atom. The SMILES string of the molecule is c1ccc(-c2nc(-c3ccccc3)nc(-c3ccc4c5ccc(-c6nc(-c7ccccc7)nc(-c7ccccc7)n6)cc5n(-c5ccc(-c6ccc7c(c6)sc6ccccc67)cc5-c5nc(-c6ccccc6)nc(-c6ccccc6)n5)c4c3)n2)cc1. The molecule has 402 valence electrons. The number of hydrogen-bond donors (Lipinski definition) is 0. The van der Waals surface area contributed by atoms with Crippen molar-refractivity contribution in [2.24, 2.45) is 0 Å². The molecule has 0 spiro atoms. The number of rotatable bonds is 11. The van der Waals surface area contributed by atoms with Gasteiger partial charge in [-0.15, -0.1) is 11.3 Å². The van der Waals surface area contributed by atoms with Crippen LogP contribution in [0.25, 0.3) is 161 Å². The third-order valence-corrected chi connectivity index (χ3v) is 16.7. The Morgan fingerprint density at radius 3 is 0.919 bits per heavy atom. The zero-order valence-corrected chi connectivity index (χ0v) is 46.8. The van der Waals surface area contributed by atoms with Crippen molar-refractivity contribution in [2.75, 3.05) is 0 Å². The molecule has 0 bridgehead atoms. The van der Waals surface area contributed by atoms with Crippen LogP contribution in [-0.4, -0.2) is 49.4 Å². The van der Waals surface area contributed by atoms with Crippen molar-refractivity contribution in [3.05, 3.63) is 279 Å². The van der Waals surface area contributed by atoms with E-state index in [-0.39, 0.29) is 0 Å². The predicted molar refractivity (Wildman–Crippen MR) is 348 cm³/mol. The molecular formula is C75H46N10S. The molecule has 0 aliphatic heterocycles. The van der Waals surface area contributed by atoms with E-state index in [1.165, 1.54) is 20.2 Å². The number of benzene rings is 11. The highest BCUT2D eigenvalue weighted by molar-refractivity contribution is 7.25. The summed E-state index contributed by atoms with van der Waals surface area (Å²) in [6.07, 6.45) is 0. The molecule has 5 heterocycles. The van der Waals surface area contributed by atoms with Gasteiger partial charge >= 0.3 is 0 Å². The maximum atomic E-state index is 5.44. The molecule has 86 heavy (non-hydrogen) atoms. The largest absolute Gasteiger partial charge is 0.308 e. The van der Waals surface area contributed by atoms with Gasteiger partial charge in [0.15, 0.2) is 52.4 Å². The van der Waals surface area contributed by atoms with Crippen LogP contribution in [-0.2, 0) is 0 Å². The summed E-state index contributed by atoms with van der Waals surface area (Å²) in [5, 5.41) is 4.51. The number of thiophene rings is 1. The molecule has 0 unspecified atom stereocenters. The molecule has 10 nitrogen and oxygen atoms in total. The molecule has 11 aromatic carbocycles. The summed E-state index contributed by atoms with van der Waals surface area (Å²) < 4.78 is 4.79. The molecule has 16 aromatic rings. The number of fused-ring (bicyclic) bond motifs is 6. The van der Waals surface area contributed by atoms with Gasteiger partial charge in [-0.2, -0.15) is 0 Å². The van der Waals surface area contributed by atoms with Crippen LogP contribution in [0, 0.1) is 0 Å². The maximum absolute atomic E-state index is 5.44. The van der Waals surface area contributed by atoms with Gasteiger partial charge in [-0.3, -0.25) is 0 Å². The molecule has 5 aromatic heterocycles. The first kappa shape index (κ1) is 50.2. The first-order valence-corrected chi connectivity index (χ1v) is 29.2. The van der Waals surface area contributed by atoms with Gasteiger partial charge in [0, 0.05) is 81.0 Å². The molecule has 0 saturated carbocycles. The Bertz CT molecular complexity index is 4860. The topological polar surface area (TPSA) is 121 Å². The summed E-state index contributed by atoms with van der Waals surface area (Å²) in [7, 11) is 0. The number of nitrogens with zero attached hydrogens (tertiary/aromatic N) is 10. The molecule has 0 atom stereocenters. The van der Waals surface area contributed by atoms with Crippen molar-refractivity contribution in [3.63, 3.8) is 0 Å². The van der Waals surface area contributed by atoms with Crippen molar-refractivity contribution < 1.29 is 0 Å². The Labute approximate surface area is 498 Å². The van der Waals surface area contributed by atoms with Gasteiger partial charge in [-0.1, -0.05) is 243 Å². The van der Waals surface area contributed by atoms with Crippen molar-refractivity contribution in [3.8, 4) is 119 Å². The summed E-state index contributed by atoms with van der Waals surface area (Å²) >= 11 is 1.81. The summed E-state index contributed by atoms with van der Waals surface area (Å²) in [5.74, 6) is 5.00. The molecular weight excluding hydrogens is 1070 g/mol. The minimum atomic E-state index is 0.509. The van der Waals surface area contributed by atoms with E-state index in [0.29, 0.717) is 52.4 Å². The average molecular weight is 1120 g/mol. The second-order valence-electron chi connectivity index (χ2n) is 21.0. The first-order chi connectivity index (χ1) is 42.6. The second-order valence-corrected chi connectivity index (χ2v) is 22.0. The van der Waals surface area contributed by atoms with E-state index in [0.717, 1.165) is 88.7 Å². The van der Waals surface area contributed by atoms with E-state index >= 15 is 0 Å². The van der Waals surface area contributed by atoms with Gasteiger partial charge in [0.05, 0.1) is 16.7 Å². The van der Waals surface area contributed by atoms with E-state index in [9.17, 15) is 0 Å². The highest BCUT2D eigenvalue weighted by Gasteiger charge is 2.24. The summed E-state index contributed by atoms with van der Waals surface area (Å²) in [6.45, 7) is 0. The molecule has 0 saturated heterocycles. The summed E-state index contributed by atoms with van der Waals surface area (Å²) in [4.78, 5) is 47.1. The van der Waals surface area contributed by atoms with Crippen LogP contribution >= 0.6 is 11.3 Å². The van der Waals surface area contributed by atoms with Gasteiger partial charge in [0.25, 0.3) is 0 Å². The molecule has 0 fully saturated rings. The van der Waals surface area contributed by atoms with Crippen LogP contribution in [0.2, 0.25) is 0 Å². The van der Waals surface area contributed by atoms with Gasteiger partial charge in [0.2, 0.25) is 0 Å². The summed E-state index contributed by atoms with van der Waals surface area (Å²) in [6, 6.07) is 95.6. The third-order valence-electron chi connectivity index (χ3n) is 15.6. The minimum Gasteiger partial charge on any atom is -0.308 e. The van der Waals surface area contributed by atoms with Crippen LogP contribution in [0.3, 0.4) is 0 Å². The van der Waals surface area contributed by atoms with Gasteiger partial charge < -0.3 is 4.57 Å². The van der Waals surface area contributed by atoms with Crippen molar-refractivity contribution in [2.45, 2.75) is 0 Å². The molecule has 11 heteroatoms. The van der Waals surface area contributed by atoms with E-state index in [1.54, 1.807) is 11.3 Å². The molecule has 0 radical (unpaired) electrons. The minimum absolute atomic E-state index is 0.509. The van der Waals surface area contributed by atoms with E-state index < -0.39 is 0 Å². The fourth-order valence-electron chi connectivity index (χ4n) is 11.4. The van der Waals surface area contributed by atoms with Gasteiger partial charge in [-0.25, -0.2) is 44.9 Å². The molecule has 0 N–H and O–H groups in total. The summed E-state index contributed by atoms with van der Waals surface area (Å²) in [5.41, 5.74) is 12.4. The highest BCUT2D eigenvalue weighted by atomic mass is 32.1. The van der Waals surface area contributed by atoms with Crippen LogP contribution in [0.5, 0.6) is 0 Å². The average Bonchev–Trinajstić information content (AvgIpc) is 2.15. The van der Waals surface area contributed by atoms with Gasteiger partial charge in [0.1, 0.15) is 0 Å². The Hall–Kier alpha value is -11.5. The van der Waals surface area contributed by atoms with E-state index in [1.807, 2.05) is 182 Å². The fourth-order valence-corrected chi connectivity index (χ4v) is 12.5. The maximum Gasteiger partial charge on any atom is 0.166 e. The molecule has 0 amide bonds. The number of aromatic nitrogens is 10. The zero-order valence-electron chi connectivity index (χ0n) is 45.9. The monoisotopic (exact) mass is 1120 g/mol. The van der Waals surface area contributed by atoms with E-state index in [4.69, 9.17) is 44.9 Å². The molecule has 0 aliphatic rings. The lowest BCUT2D eigenvalue weighted by molar-refractivity contribution is 1.06. The standard InChI is InChI=1S/C75H46N10S/c1-7-21-47(22-8-1)67-76-68(48-23-9-2-10-24-48)80-73(79-67)55-36-39-57-58-40-37-56(74-81-69(49-25-11-3-12-26-49)77-70(82-74)50-27-13-4-14-28-50)45-64(58)85(63(57)44-55)62-42-38-53(54-35-41-60-59-33-19-20-34-65(59)86-66(60)46-54)43-61(62)75-83-71(51-29-15-5-16-30-51)78-72(84-75)52-31-17-6-18-32-52/h1-46H. The lowest BCUT2D eigenvalue weighted by Crippen LogP contribution is -2.04. The predicted octanol–water partition coefficient (Wildman–Crippen LogP) is 18.4. The van der Waals surface area contributed by atoms with Crippen molar-refractivity contribution >= 4 is 53.3 Å². The Kier molecular flexibility index (Phi) is 12.5. The van der Waals surface area contributed by atoms with Gasteiger partial charge in [-0.05, 0) is 47.5 Å². The first-order valence-electron chi connectivity index (χ1n) is 28.3. The second kappa shape index (κ2) is 21.3. The Balaban J connectivity index is 0.983. The van der Waals surface area contributed by atoms with Crippen molar-refractivity contribution in [1.29, 1.82) is 0 Å². The van der Waals surface area contributed by atoms with Crippen LogP contribution < -0.4 is 0 Å². The normalized spacial score (nSPS) is 11.5. The lowest BCUT2D eigenvalue weighted by atomic mass is 9.99. The van der Waals surface area contributed by atoms with Crippen LogP contribution in [0.15, 0.2) is 279 Å². The smallest absolute Gasteiger partial charge is 0.166 e. The van der Waals surface area contributed by atoms with E-state index in [2.05, 4.69) is 102 Å². The Morgan fingerprint density at radius 2 is 0.512 bits per heavy atom. The molecule has 0 aliphatic carbocycles. The van der Waals surface area contributed by atoms with Crippen LogP contribution in [0.4, 0.5) is 0 Å². The zero-order chi connectivity index (χ0) is 56.9. The number of hydrogen-bond acceptors (Lipinski definition) is 10.